The molecular formula is C39H102Fe12N10O23Si4. The van der Waals surface area contributed by atoms with Crippen LogP contribution in [-0.2, 0) is 256 Å². The van der Waals surface area contributed by atoms with Gasteiger partial charge in [0, 0.05) is 335 Å². The maximum Gasteiger partial charge on any atom is 0.500 e. The van der Waals surface area contributed by atoms with Crippen LogP contribution in [0.4, 0.5) is 0 Å². The van der Waals surface area contributed by atoms with E-state index >= 15 is 0 Å². The van der Waals surface area contributed by atoms with Crippen LogP contribution in [0, 0.1) is 0 Å². The monoisotopic (exact) mass is 1860 g/mol. The molecular weight excluding hydrogens is 1760 g/mol. The van der Waals surface area contributed by atoms with E-state index in [1.807, 2.05) is 9.80 Å². The van der Waals surface area contributed by atoms with Crippen molar-refractivity contribution < 1.29 is 316 Å². The van der Waals surface area contributed by atoms with Gasteiger partial charge in [0.1, 0.15) is 0 Å². The number of amides is 2. The van der Waals surface area contributed by atoms with E-state index in [1.54, 1.807) is 21.3 Å². The first-order valence-electron chi connectivity index (χ1n) is 23.3. The number of methoxy groups -OCH3 is 3. The maximum atomic E-state index is 11.6. The Morgan fingerprint density at radius 3 is 0.841 bits per heavy atom. The first-order valence-corrected chi connectivity index (χ1v) is 31.4. The number of hydrogen-bond acceptors (Lipinski definition) is 28. The average molecular weight is 1860 g/mol. The first-order chi connectivity index (χ1) is 34.1. The molecule has 0 bridgehead atoms. The van der Waals surface area contributed by atoms with Gasteiger partial charge in [-0.25, -0.2) is 4.79 Å². The normalized spacial score (nSPS) is 9.17. The zero-order valence-electron chi connectivity index (χ0n) is 49.8. The summed E-state index contributed by atoms with van der Waals surface area (Å²) in [6, 6.07) is 0.665. The quantitative estimate of drug-likeness (QED) is 0.0121. The van der Waals surface area contributed by atoms with Crippen molar-refractivity contribution in [2.24, 2.45) is 34.4 Å². The third kappa shape index (κ3) is 130. The molecule has 88 heavy (non-hydrogen) atoms. The van der Waals surface area contributed by atoms with E-state index in [0.29, 0.717) is 111 Å². The molecule has 2 amide bonds. The summed E-state index contributed by atoms with van der Waals surface area (Å²) in [4.78, 5) is 138. The fraction of sp³-hybridized carbons (Fsp3) is 0.821. The Morgan fingerprint density at radius 1 is 0.398 bits per heavy atom. The molecule has 49 heteroatoms. The van der Waals surface area contributed by atoms with Gasteiger partial charge in [0.25, 0.3) is 0 Å². The summed E-state index contributed by atoms with van der Waals surface area (Å²) in [5.74, 6) is -1.37. The molecule has 33 nitrogen and oxygen atoms in total. The van der Waals surface area contributed by atoms with Crippen LogP contribution in [0.15, 0.2) is 12.7 Å². The topological polar surface area (TPSA) is 604 Å². The van der Waals surface area contributed by atoms with Crippen LogP contribution in [0.5, 0.6) is 0 Å². The molecule has 0 aromatic rings. The van der Waals surface area contributed by atoms with Crippen molar-refractivity contribution in [3.8, 4) is 0 Å². The van der Waals surface area contributed by atoms with Gasteiger partial charge in [-0.2, -0.15) is 0 Å². The Morgan fingerprint density at radius 2 is 0.659 bits per heavy atom. The molecule has 0 atom stereocenters. The van der Waals surface area contributed by atoms with Crippen LogP contribution in [-0.4, -0.2) is 269 Å². The number of nitrogens with zero attached hydrogens (tertiary/aromatic N) is 2. The molecule has 0 aliphatic rings. The van der Waals surface area contributed by atoms with Crippen molar-refractivity contribution in [3.63, 3.8) is 0 Å². The number of ether oxygens (including phenoxy) is 3. The first kappa shape index (κ1) is 151. The van der Waals surface area contributed by atoms with Gasteiger partial charge in [0.15, 0.2) is 0 Å². The fourth-order valence-corrected chi connectivity index (χ4v) is 8.56. The second kappa shape index (κ2) is 104. The van der Waals surface area contributed by atoms with Gasteiger partial charge < -0.3 is 142 Å². The van der Waals surface area contributed by atoms with Crippen LogP contribution < -0.4 is 45.0 Å². The number of rotatable bonds is 35. The second-order valence-corrected chi connectivity index (χ2v) is 24.3. The van der Waals surface area contributed by atoms with Crippen LogP contribution in [0.25, 0.3) is 0 Å². The van der Waals surface area contributed by atoms with Crippen LogP contribution in [0.3, 0.4) is 0 Å². The molecule has 0 aliphatic carbocycles. The minimum Gasteiger partial charge on any atom is -0.469 e. The number of esters is 3. The van der Waals surface area contributed by atoms with E-state index in [0.717, 1.165) is 18.5 Å². The second-order valence-electron chi connectivity index (χ2n) is 15.0. The smallest absolute Gasteiger partial charge is 0.469 e. The van der Waals surface area contributed by atoms with Gasteiger partial charge in [-0.3, -0.25) is 19.2 Å². The number of nitrogens with two attached hydrogens (primary N) is 6. The molecule has 0 aromatic carbocycles. The minimum atomic E-state index is -4.06. The van der Waals surface area contributed by atoms with Crippen molar-refractivity contribution in [1.29, 1.82) is 0 Å². The van der Waals surface area contributed by atoms with Gasteiger partial charge in [-0.1, -0.05) is 6.58 Å². The molecule has 0 saturated carbocycles. The van der Waals surface area contributed by atoms with Crippen molar-refractivity contribution in [2.45, 2.75) is 75.5 Å². The average Bonchev–Trinajstić information content (AvgIpc) is 3.35. The summed E-state index contributed by atoms with van der Waals surface area (Å²) in [6.45, 7) is 9.46. The van der Waals surface area contributed by atoms with Crippen LogP contribution in [0.2, 0.25) is 24.2 Å². The van der Waals surface area contributed by atoms with E-state index in [4.69, 9.17) is 90.8 Å². The molecule has 0 saturated heterocycles. The Balaban J connectivity index is -0.0000000336. The standard InChI is InChI=1S/C13H31N5O5Si.C11H23NO7Si.C6H17NO3Si.C4H6O2.C3H11NO3Si.C2H8N2.12Fe.3H2O/c14-4-6-16-12(19)2-9-18(8-1-11-24(21,22)23)10-3-13(20)17-7-5-15;1-18-10(13)4-7-12(8-5-11(14)19-2)6-3-9-20(15,16)17;1-8-11(9-2,10-3)6-4-5-7;1-3-4(5)6-2;4-2-1-3-8(5,6)7;3-1-2-4;;;;;;;;;;;;;;;/h21-23H,1-11,14-15H2,(H,16,19)(H,17,20);15-17H,3-9H2,1-2H3;4-7H2,1-3H3;3H,1H2,2H3;5-7H,1-4H2;1-4H2;;;;;;;;;;;;;3*1H2. The van der Waals surface area contributed by atoms with Gasteiger partial charge in [0.05, 0.1) is 34.2 Å². The predicted molar refractivity (Wildman–Crippen MR) is 290 cm³/mol. The molecule has 0 unspecified atom stereocenters. The third-order valence-corrected chi connectivity index (χ3v) is 14.7. The van der Waals surface area contributed by atoms with Gasteiger partial charge in [-0.05, 0) is 51.9 Å². The number of hydrogen-bond donors (Lipinski definition) is 17. The summed E-state index contributed by atoms with van der Waals surface area (Å²) < 4.78 is 28.7. The van der Waals surface area contributed by atoms with E-state index < -0.39 is 41.2 Å². The third-order valence-electron chi connectivity index (χ3n) is 8.81. The van der Waals surface area contributed by atoms with Crippen molar-refractivity contribution in [2.75, 3.05) is 134 Å². The molecule has 0 spiro atoms. The van der Waals surface area contributed by atoms with Crippen LogP contribution >= 0.6 is 0 Å². The molecule has 0 rings (SSSR count). The number of carbonyl (C=O) groups excluding carboxylic acids is 5. The summed E-state index contributed by atoms with van der Waals surface area (Å²) in [5, 5.41) is 5.33. The zero-order chi connectivity index (χ0) is 57.8. The Labute approximate surface area is 651 Å². The maximum absolute atomic E-state index is 11.6. The molecule has 0 fully saturated rings. The van der Waals surface area contributed by atoms with E-state index in [1.165, 1.54) is 21.3 Å². The minimum absolute atomic E-state index is 0. The van der Waals surface area contributed by atoms with E-state index in [-0.39, 0.29) is 289 Å². The largest absolute Gasteiger partial charge is 0.500 e. The number of carbonyl (C=O) groups is 5. The molecule has 558 valence electrons. The Hall–Kier alpha value is 3.27. The van der Waals surface area contributed by atoms with E-state index in [2.05, 4.69) is 31.4 Å². The molecule has 0 aliphatic heterocycles. The van der Waals surface area contributed by atoms with Crippen molar-refractivity contribution in [1.82, 2.24) is 20.4 Å². The molecule has 0 heterocycles. The van der Waals surface area contributed by atoms with Gasteiger partial charge in [-0.15, -0.1) is 0 Å². The van der Waals surface area contributed by atoms with Gasteiger partial charge in [0.2, 0.25) is 11.8 Å². The van der Waals surface area contributed by atoms with Crippen LogP contribution in [0.1, 0.15) is 51.4 Å². The Bertz CT molecular complexity index is 1340. The molecule has 0 aromatic heterocycles. The summed E-state index contributed by atoms with van der Waals surface area (Å²) >= 11 is 0. The SMILES string of the molecule is C=CC(=O)OC.COC(=O)CCN(CCC[Si](O)(O)O)CCC(=O)OC.CO[Si](CCCN)(OC)OC.NCCC[Si](O)(O)O.NCCN.NCCNC(=O)CCN(CCC[Si](O)(O)O)CCC(=O)NCCN.O.O.O.[Fe].[Fe].[Fe].[Fe].[Fe].[Fe].[Fe].[Fe].[Fe].[Fe].[Fe].[Fe]. The predicted octanol–water partition coefficient (Wildman–Crippen LogP) is -9.55. The summed E-state index contributed by atoms with van der Waals surface area (Å²) in [6.07, 6.45) is 4.05. The van der Waals surface area contributed by atoms with Gasteiger partial charge >= 0.3 is 53.1 Å². The van der Waals surface area contributed by atoms with Crippen molar-refractivity contribution in [3.05, 3.63) is 12.7 Å². The summed E-state index contributed by atoms with van der Waals surface area (Å²) in [7, 11) is -5.45. The van der Waals surface area contributed by atoms with Crippen molar-refractivity contribution >= 4 is 64.9 Å². The Kier molecular flexibility index (Phi) is 178. The summed E-state index contributed by atoms with van der Waals surface area (Å²) in [5.41, 5.74) is 30.8. The molecule has 0 radical (unpaired) electrons. The fourth-order valence-electron chi connectivity index (χ4n) is 4.87. The number of nitrogens with one attached hydrogen (secondary N) is 2. The molecule has 29 N–H and O–H groups in total. The van der Waals surface area contributed by atoms with E-state index in [9.17, 15) is 24.0 Å². The zero-order valence-corrected chi connectivity index (χ0v) is 67.0.